The van der Waals surface area contributed by atoms with Crippen LogP contribution in [0.5, 0.6) is 5.75 Å². The molecule has 1 fully saturated rings. The standard InChI is InChI=1S/C21H24N2O7/c1-29-21(27)17-3-2-4-19(23(28)13-24)18(17)12-30-16-7-5-14(6-8-16)9-22-10-15(11-22)20(25)26/h2-8,15,23-24H,9-13H2,1H3,(H,25,26). The van der Waals surface area contributed by atoms with E-state index in [1.54, 1.807) is 24.3 Å². The zero-order valence-electron chi connectivity index (χ0n) is 16.5. The number of carbonyl (C=O) groups is 2. The maximum Gasteiger partial charge on any atom is 0.338 e. The summed E-state index contributed by atoms with van der Waals surface area (Å²) in [5, 5.41) is 29.7. The normalized spacial score (nSPS) is 15.3. The average Bonchev–Trinajstić information content (AvgIpc) is 2.73. The number of carboxylic acids is 1. The Morgan fingerprint density at radius 1 is 1.20 bits per heavy atom. The summed E-state index contributed by atoms with van der Waals surface area (Å²) in [6.07, 6.45) is 0. The predicted molar refractivity (Wildman–Crippen MR) is 106 cm³/mol. The van der Waals surface area contributed by atoms with Crippen LogP contribution in [0.25, 0.3) is 0 Å². The van der Waals surface area contributed by atoms with Gasteiger partial charge in [0.25, 0.3) is 0 Å². The lowest BCUT2D eigenvalue weighted by atomic mass is 10.00. The molecule has 9 nitrogen and oxygen atoms in total. The molecule has 9 heteroatoms. The highest BCUT2D eigenvalue weighted by molar-refractivity contribution is 5.92. The molecule has 0 saturated carbocycles. The molecular formula is C21H24N2O7. The van der Waals surface area contributed by atoms with Gasteiger partial charge in [0, 0.05) is 19.6 Å². The highest BCUT2D eigenvalue weighted by atomic mass is 16.5. The van der Waals surface area contributed by atoms with Crippen LogP contribution >= 0.6 is 0 Å². The number of nitrogens with zero attached hydrogens (tertiary/aromatic N) is 1. The molecule has 3 rings (SSSR count). The van der Waals surface area contributed by atoms with Gasteiger partial charge in [0.2, 0.25) is 0 Å². The van der Waals surface area contributed by atoms with Gasteiger partial charge in [-0.2, -0.15) is 0 Å². The first-order valence-electron chi connectivity index (χ1n) is 9.44. The zero-order chi connectivity index (χ0) is 21.7. The van der Waals surface area contributed by atoms with Crippen molar-refractivity contribution in [1.82, 2.24) is 4.90 Å². The number of esters is 1. The SMILES string of the molecule is COC(=O)c1cccc([NH+]([O-])CO)c1COc1ccc(CN2CC(C(=O)O)C2)cc1. The summed E-state index contributed by atoms with van der Waals surface area (Å²) in [6, 6.07) is 11.9. The predicted octanol–water partition coefficient (Wildman–Crippen LogP) is 0.533. The fraction of sp³-hybridized carbons (Fsp3) is 0.333. The van der Waals surface area contributed by atoms with E-state index in [4.69, 9.17) is 14.6 Å². The Kier molecular flexibility index (Phi) is 7.01. The molecule has 0 aliphatic carbocycles. The van der Waals surface area contributed by atoms with Crippen molar-refractivity contribution in [2.45, 2.75) is 13.2 Å². The topological polar surface area (TPSA) is 124 Å². The van der Waals surface area contributed by atoms with Gasteiger partial charge in [0.1, 0.15) is 18.0 Å². The van der Waals surface area contributed by atoms with Gasteiger partial charge in [0.05, 0.1) is 24.2 Å². The molecule has 0 aromatic heterocycles. The average molecular weight is 416 g/mol. The van der Waals surface area contributed by atoms with Gasteiger partial charge in [-0.3, -0.25) is 9.69 Å². The van der Waals surface area contributed by atoms with Crippen molar-refractivity contribution in [1.29, 1.82) is 0 Å². The zero-order valence-corrected chi connectivity index (χ0v) is 16.5. The third-order valence-electron chi connectivity index (χ3n) is 5.04. The van der Waals surface area contributed by atoms with E-state index >= 15 is 0 Å². The van der Waals surface area contributed by atoms with E-state index in [0.29, 0.717) is 30.9 Å². The lowest BCUT2D eigenvalue weighted by molar-refractivity contribution is -0.801. The number of likely N-dealkylation sites (tertiary alicyclic amines) is 1. The minimum atomic E-state index is -0.763. The summed E-state index contributed by atoms with van der Waals surface area (Å²) in [5.41, 5.74) is 1.80. The highest BCUT2D eigenvalue weighted by Crippen LogP contribution is 2.23. The number of quaternary nitrogens is 1. The largest absolute Gasteiger partial charge is 0.627 e. The number of benzene rings is 2. The van der Waals surface area contributed by atoms with Gasteiger partial charge in [-0.25, -0.2) is 4.79 Å². The van der Waals surface area contributed by atoms with E-state index in [-0.39, 0.29) is 23.8 Å². The molecular weight excluding hydrogens is 392 g/mol. The van der Waals surface area contributed by atoms with Crippen LogP contribution in [0.3, 0.4) is 0 Å². The molecule has 0 radical (unpaired) electrons. The van der Waals surface area contributed by atoms with Crippen molar-refractivity contribution < 1.29 is 34.3 Å². The van der Waals surface area contributed by atoms with Crippen molar-refractivity contribution >= 4 is 17.6 Å². The van der Waals surface area contributed by atoms with Crippen LogP contribution in [0.1, 0.15) is 21.5 Å². The molecule has 1 heterocycles. The Bertz CT molecular complexity index is 895. The summed E-state index contributed by atoms with van der Waals surface area (Å²) in [4.78, 5) is 25.0. The van der Waals surface area contributed by atoms with Crippen LogP contribution < -0.4 is 9.80 Å². The second-order valence-electron chi connectivity index (χ2n) is 7.07. The first kappa shape index (κ1) is 21.7. The second kappa shape index (κ2) is 9.68. The number of carboxylic acid groups (broad SMARTS) is 1. The first-order valence-corrected chi connectivity index (χ1v) is 9.44. The number of hydrogen-bond acceptors (Lipinski definition) is 7. The molecule has 30 heavy (non-hydrogen) atoms. The smallest absolute Gasteiger partial charge is 0.338 e. The van der Waals surface area contributed by atoms with E-state index in [0.717, 1.165) is 5.56 Å². The van der Waals surface area contributed by atoms with Crippen LogP contribution in [0.2, 0.25) is 0 Å². The number of carbonyl (C=O) groups excluding carboxylic acids is 1. The van der Waals surface area contributed by atoms with Gasteiger partial charge in [-0.1, -0.05) is 18.2 Å². The van der Waals surface area contributed by atoms with Crippen LogP contribution in [0, 0.1) is 11.1 Å². The maximum absolute atomic E-state index is 12.1. The minimum Gasteiger partial charge on any atom is -0.627 e. The molecule has 3 N–H and O–H groups in total. The van der Waals surface area contributed by atoms with Gasteiger partial charge in [0.15, 0.2) is 6.73 Å². The molecule has 2 aromatic rings. The molecule has 1 unspecified atom stereocenters. The number of hydroxylamine groups is 1. The number of hydrogen-bond donors (Lipinski definition) is 3. The summed E-state index contributed by atoms with van der Waals surface area (Å²) >= 11 is 0. The summed E-state index contributed by atoms with van der Waals surface area (Å²) in [6.45, 7) is 1.02. The molecule has 160 valence electrons. The van der Waals surface area contributed by atoms with Gasteiger partial charge < -0.3 is 30.0 Å². The Morgan fingerprint density at radius 2 is 1.90 bits per heavy atom. The fourth-order valence-electron chi connectivity index (χ4n) is 3.35. The summed E-state index contributed by atoms with van der Waals surface area (Å²) in [7, 11) is 1.25. The maximum atomic E-state index is 12.1. The third-order valence-corrected chi connectivity index (χ3v) is 5.04. The summed E-state index contributed by atoms with van der Waals surface area (Å²) < 4.78 is 10.6. The molecule has 0 amide bonds. The van der Waals surface area contributed by atoms with E-state index in [2.05, 4.69) is 0 Å². The third kappa shape index (κ3) is 4.95. The molecule has 0 bridgehead atoms. The number of ether oxygens (including phenoxy) is 2. The van der Waals surface area contributed by atoms with Crippen molar-refractivity contribution in [3.8, 4) is 5.75 Å². The van der Waals surface area contributed by atoms with Crippen molar-refractivity contribution in [2.24, 2.45) is 5.92 Å². The fourth-order valence-corrected chi connectivity index (χ4v) is 3.35. The van der Waals surface area contributed by atoms with Crippen molar-refractivity contribution in [2.75, 3.05) is 26.9 Å². The van der Waals surface area contributed by atoms with Gasteiger partial charge >= 0.3 is 11.9 Å². The van der Waals surface area contributed by atoms with Crippen LogP contribution in [0.4, 0.5) is 5.69 Å². The van der Waals surface area contributed by atoms with E-state index < -0.39 is 23.7 Å². The van der Waals surface area contributed by atoms with Gasteiger partial charge in [-0.15, -0.1) is 0 Å². The first-order chi connectivity index (χ1) is 14.4. The molecule has 0 spiro atoms. The lowest BCUT2D eigenvalue weighted by Gasteiger charge is -2.36. The molecule has 1 saturated heterocycles. The molecule has 1 aliphatic rings. The Hall–Kier alpha value is -2.98. The Labute approximate surface area is 173 Å². The van der Waals surface area contributed by atoms with Gasteiger partial charge in [-0.05, 0) is 29.8 Å². The van der Waals surface area contributed by atoms with E-state index in [1.165, 1.54) is 13.2 Å². The number of methoxy groups -OCH3 is 1. The number of rotatable bonds is 9. The van der Waals surface area contributed by atoms with E-state index in [1.807, 2.05) is 17.0 Å². The lowest BCUT2D eigenvalue weighted by Crippen LogP contribution is -3.02. The van der Waals surface area contributed by atoms with Crippen molar-refractivity contribution in [3.05, 3.63) is 64.4 Å². The Balaban J connectivity index is 1.66. The highest BCUT2D eigenvalue weighted by Gasteiger charge is 2.32. The molecule has 1 aliphatic heterocycles. The monoisotopic (exact) mass is 416 g/mol. The minimum absolute atomic E-state index is 0.0435. The number of aliphatic hydroxyl groups excluding tert-OH is 1. The van der Waals surface area contributed by atoms with E-state index in [9.17, 15) is 19.9 Å². The van der Waals surface area contributed by atoms with Crippen LogP contribution in [0.15, 0.2) is 42.5 Å². The second-order valence-corrected chi connectivity index (χ2v) is 7.07. The number of aliphatic carboxylic acids is 1. The molecule has 2 aromatic carbocycles. The number of aliphatic hydroxyl groups is 1. The summed E-state index contributed by atoms with van der Waals surface area (Å²) in [5.74, 6) is -1.10. The van der Waals surface area contributed by atoms with Crippen LogP contribution in [-0.4, -0.2) is 54.0 Å². The number of nitrogens with one attached hydrogen (secondary N) is 1. The van der Waals surface area contributed by atoms with Crippen LogP contribution in [-0.2, 0) is 22.7 Å². The quantitative estimate of drug-likeness (QED) is 0.307. The molecule has 1 atom stereocenters. The van der Waals surface area contributed by atoms with Crippen molar-refractivity contribution in [3.63, 3.8) is 0 Å². The Morgan fingerprint density at radius 3 is 2.50 bits per heavy atom.